The second kappa shape index (κ2) is 5.59. The Bertz CT molecular complexity index is 842. The molecule has 0 unspecified atom stereocenters. The van der Waals surface area contributed by atoms with Gasteiger partial charge < -0.3 is 14.5 Å². The first-order valence-electron chi connectivity index (χ1n) is 7.13. The van der Waals surface area contributed by atoms with Crippen molar-refractivity contribution in [3.05, 3.63) is 82.2 Å². The lowest BCUT2D eigenvalue weighted by atomic mass is 9.94. The molecule has 0 atom stereocenters. The van der Waals surface area contributed by atoms with Crippen molar-refractivity contribution in [2.24, 2.45) is 0 Å². The summed E-state index contributed by atoms with van der Waals surface area (Å²) in [6, 6.07) is 16.8. The quantitative estimate of drug-likeness (QED) is 0.714. The molecule has 1 amide bonds. The van der Waals surface area contributed by atoms with Crippen LogP contribution in [0, 0.1) is 0 Å². The van der Waals surface area contributed by atoms with Crippen molar-refractivity contribution in [1.29, 1.82) is 0 Å². The first-order chi connectivity index (χ1) is 11.2. The molecule has 0 saturated carbocycles. The van der Waals surface area contributed by atoms with Gasteiger partial charge in [0, 0.05) is 17.2 Å². The normalized spacial score (nSPS) is 12.9. The van der Waals surface area contributed by atoms with E-state index in [0.29, 0.717) is 10.2 Å². The van der Waals surface area contributed by atoms with Crippen molar-refractivity contribution in [2.75, 3.05) is 0 Å². The van der Waals surface area contributed by atoms with Crippen LogP contribution in [-0.4, -0.2) is 5.91 Å². The summed E-state index contributed by atoms with van der Waals surface area (Å²) in [5, 5.41) is 3.06. The van der Waals surface area contributed by atoms with Crippen LogP contribution in [0.3, 0.4) is 0 Å². The van der Waals surface area contributed by atoms with Crippen molar-refractivity contribution in [3.63, 3.8) is 0 Å². The summed E-state index contributed by atoms with van der Waals surface area (Å²) in [4.78, 5) is 12.5. The van der Waals surface area contributed by atoms with Crippen molar-refractivity contribution >= 4 is 21.8 Å². The van der Waals surface area contributed by atoms with E-state index in [0.717, 1.165) is 22.6 Å². The SMILES string of the molecule is O=C(NC1c2ccccc2Oc2ccccc21)c1coc(Br)c1. The van der Waals surface area contributed by atoms with Gasteiger partial charge in [0.15, 0.2) is 4.67 Å². The third-order valence-corrected chi connectivity index (χ3v) is 4.20. The lowest BCUT2D eigenvalue weighted by Gasteiger charge is -2.28. The number of hydrogen-bond donors (Lipinski definition) is 1. The highest BCUT2D eigenvalue weighted by Gasteiger charge is 2.28. The zero-order chi connectivity index (χ0) is 15.8. The molecule has 1 aromatic heterocycles. The molecule has 0 aliphatic carbocycles. The Balaban J connectivity index is 1.74. The third kappa shape index (κ3) is 2.53. The second-order valence-corrected chi connectivity index (χ2v) is 6.01. The van der Waals surface area contributed by atoms with E-state index in [1.807, 2.05) is 48.5 Å². The molecule has 2 heterocycles. The molecule has 0 radical (unpaired) electrons. The standard InChI is InChI=1S/C18H12BrNO3/c19-16-9-11(10-22-16)18(21)20-17-12-5-1-3-7-14(12)23-15-8-4-2-6-13(15)17/h1-10,17H,(H,20,21). The lowest BCUT2D eigenvalue weighted by molar-refractivity contribution is 0.0941. The van der Waals surface area contributed by atoms with E-state index in [-0.39, 0.29) is 11.9 Å². The number of nitrogens with one attached hydrogen (secondary N) is 1. The fourth-order valence-electron chi connectivity index (χ4n) is 2.71. The van der Waals surface area contributed by atoms with Crippen LogP contribution in [0.4, 0.5) is 0 Å². The van der Waals surface area contributed by atoms with E-state index in [4.69, 9.17) is 9.15 Å². The highest BCUT2D eigenvalue weighted by molar-refractivity contribution is 9.10. The van der Waals surface area contributed by atoms with Crippen LogP contribution in [0.25, 0.3) is 0 Å². The maximum Gasteiger partial charge on any atom is 0.255 e. The largest absolute Gasteiger partial charge is 0.457 e. The molecule has 0 bridgehead atoms. The van der Waals surface area contributed by atoms with Gasteiger partial charge in [-0.1, -0.05) is 36.4 Å². The van der Waals surface area contributed by atoms with Gasteiger partial charge in [-0.15, -0.1) is 0 Å². The van der Waals surface area contributed by atoms with E-state index in [9.17, 15) is 4.79 Å². The first-order valence-corrected chi connectivity index (χ1v) is 7.92. The van der Waals surface area contributed by atoms with Crippen LogP contribution in [0.1, 0.15) is 27.5 Å². The number of halogens is 1. The number of fused-ring (bicyclic) bond motifs is 2. The number of benzene rings is 2. The lowest BCUT2D eigenvalue weighted by Crippen LogP contribution is -2.31. The minimum absolute atomic E-state index is 0.198. The Labute approximate surface area is 141 Å². The van der Waals surface area contributed by atoms with Gasteiger partial charge in [0.2, 0.25) is 0 Å². The summed E-state index contributed by atoms with van der Waals surface area (Å²) < 4.78 is 11.6. The Morgan fingerprint density at radius 2 is 1.61 bits per heavy atom. The van der Waals surface area contributed by atoms with Crippen LogP contribution in [-0.2, 0) is 0 Å². The molecule has 3 aromatic rings. The van der Waals surface area contributed by atoms with Gasteiger partial charge in [-0.25, -0.2) is 0 Å². The smallest absolute Gasteiger partial charge is 0.255 e. The minimum Gasteiger partial charge on any atom is -0.457 e. The number of para-hydroxylation sites is 2. The van der Waals surface area contributed by atoms with Gasteiger partial charge >= 0.3 is 0 Å². The van der Waals surface area contributed by atoms with E-state index in [1.165, 1.54) is 6.26 Å². The summed E-state index contributed by atoms with van der Waals surface area (Å²) in [7, 11) is 0. The summed E-state index contributed by atoms with van der Waals surface area (Å²) >= 11 is 3.21. The molecule has 114 valence electrons. The molecule has 0 saturated heterocycles. The summed E-state index contributed by atoms with van der Waals surface area (Å²) in [5.41, 5.74) is 2.34. The fraction of sp³-hybridized carbons (Fsp3) is 0.0556. The topological polar surface area (TPSA) is 51.5 Å². The Morgan fingerprint density at radius 3 is 2.17 bits per heavy atom. The highest BCUT2D eigenvalue weighted by atomic mass is 79.9. The van der Waals surface area contributed by atoms with Gasteiger partial charge in [0.25, 0.3) is 5.91 Å². The van der Waals surface area contributed by atoms with Gasteiger partial charge in [-0.3, -0.25) is 4.79 Å². The van der Waals surface area contributed by atoms with E-state index in [1.54, 1.807) is 6.07 Å². The molecule has 2 aromatic carbocycles. The van der Waals surface area contributed by atoms with Gasteiger partial charge in [-0.05, 0) is 28.1 Å². The molecule has 1 N–H and O–H groups in total. The summed E-state index contributed by atoms with van der Waals surface area (Å²) in [6.07, 6.45) is 1.43. The molecule has 4 nitrogen and oxygen atoms in total. The van der Waals surface area contributed by atoms with E-state index >= 15 is 0 Å². The van der Waals surface area contributed by atoms with Crippen LogP contribution in [0.5, 0.6) is 11.5 Å². The number of rotatable bonds is 2. The van der Waals surface area contributed by atoms with Crippen molar-refractivity contribution in [3.8, 4) is 11.5 Å². The molecular formula is C18H12BrNO3. The number of ether oxygens (including phenoxy) is 1. The molecule has 0 fully saturated rings. The summed E-state index contributed by atoms with van der Waals surface area (Å²) in [5.74, 6) is 1.31. The Morgan fingerprint density at radius 1 is 1.00 bits per heavy atom. The number of carbonyl (C=O) groups is 1. The van der Waals surface area contributed by atoms with Gasteiger partial charge in [0.05, 0.1) is 11.6 Å². The third-order valence-electron chi connectivity index (χ3n) is 3.79. The monoisotopic (exact) mass is 369 g/mol. The average molecular weight is 370 g/mol. The predicted octanol–water partition coefficient (Wildman–Crippen LogP) is 4.67. The highest BCUT2D eigenvalue weighted by Crippen LogP contribution is 2.42. The van der Waals surface area contributed by atoms with Crippen molar-refractivity contribution < 1.29 is 13.9 Å². The molecule has 0 spiro atoms. The Hall–Kier alpha value is -2.53. The zero-order valence-corrected chi connectivity index (χ0v) is 13.5. The van der Waals surface area contributed by atoms with Crippen LogP contribution in [0.2, 0.25) is 0 Å². The molecular weight excluding hydrogens is 358 g/mol. The van der Waals surface area contributed by atoms with Crippen LogP contribution >= 0.6 is 15.9 Å². The Kier molecular flexibility index (Phi) is 3.42. The van der Waals surface area contributed by atoms with Crippen LogP contribution in [0.15, 0.2) is 69.9 Å². The predicted molar refractivity (Wildman–Crippen MR) is 88.7 cm³/mol. The number of amides is 1. The van der Waals surface area contributed by atoms with Gasteiger partial charge in [0.1, 0.15) is 17.8 Å². The maximum absolute atomic E-state index is 12.5. The van der Waals surface area contributed by atoms with Crippen molar-refractivity contribution in [2.45, 2.75) is 6.04 Å². The molecule has 5 heteroatoms. The van der Waals surface area contributed by atoms with Crippen LogP contribution < -0.4 is 10.1 Å². The van der Waals surface area contributed by atoms with E-state index < -0.39 is 0 Å². The second-order valence-electron chi connectivity index (χ2n) is 5.22. The fourth-order valence-corrected chi connectivity index (χ4v) is 3.05. The number of furan rings is 1. The van der Waals surface area contributed by atoms with E-state index in [2.05, 4.69) is 21.2 Å². The number of carbonyl (C=O) groups excluding carboxylic acids is 1. The number of hydrogen-bond acceptors (Lipinski definition) is 3. The molecule has 1 aliphatic rings. The molecule has 23 heavy (non-hydrogen) atoms. The van der Waals surface area contributed by atoms with Crippen molar-refractivity contribution in [1.82, 2.24) is 5.32 Å². The molecule has 1 aliphatic heterocycles. The van der Waals surface area contributed by atoms with Gasteiger partial charge in [-0.2, -0.15) is 0 Å². The minimum atomic E-state index is -0.266. The maximum atomic E-state index is 12.5. The zero-order valence-electron chi connectivity index (χ0n) is 12.0. The summed E-state index contributed by atoms with van der Waals surface area (Å²) in [6.45, 7) is 0. The first kappa shape index (κ1) is 14.1. The average Bonchev–Trinajstić information content (AvgIpc) is 3.01. The molecule has 4 rings (SSSR count).